The molecule has 5 heteroatoms. The molecule has 0 aliphatic rings. The lowest BCUT2D eigenvalue weighted by molar-refractivity contribution is -0.128. The van der Waals surface area contributed by atoms with Crippen LogP contribution < -0.4 is 0 Å². The van der Waals surface area contributed by atoms with Crippen LogP contribution in [-0.4, -0.2) is 6.18 Å². The van der Waals surface area contributed by atoms with E-state index in [0.717, 1.165) is 0 Å². The van der Waals surface area contributed by atoms with Crippen molar-refractivity contribution in [1.82, 2.24) is 0 Å². The van der Waals surface area contributed by atoms with Crippen molar-refractivity contribution in [2.45, 2.75) is 24.9 Å². The second-order valence-corrected chi connectivity index (χ2v) is 4.69. The summed E-state index contributed by atoms with van der Waals surface area (Å²) in [5.41, 5.74) is 1.39. The molecule has 0 aliphatic carbocycles. The molecule has 84 valence electrons. The Kier molecular flexibility index (Phi) is 3.71. The largest absolute Gasteiger partial charge is 0.405 e. The van der Waals surface area contributed by atoms with E-state index in [1.54, 1.807) is 19.9 Å². The van der Waals surface area contributed by atoms with E-state index in [-0.39, 0.29) is 5.56 Å². The second-order valence-electron chi connectivity index (χ2n) is 3.36. The highest BCUT2D eigenvalue weighted by atomic mass is 79.9. The minimum atomic E-state index is -4.29. The molecule has 0 heterocycles. The number of alkyl halides is 4. The Morgan fingerprint density at radius 2 is 1.73 bits per heavy atom. The van der Waals surface area contributed by atoms with Gasteiger partial charge in [0.15, 0.2) is 0 Å². The highest BCUT2D eigenvalue weighted by molar-refractivity contribution is 9.09. The fraction of sp³-hybridized carbons (Fsp3) is 0.400. The Morgan fingerprint density at radius 3 is 2.20 bits per heavy atom. The van der Waals surface area contributed by atoms with E-state index in [9.17, 15) is 13.2 Å². The van der Waals surface area contributed by atoms with Crippen LogP contribution >= 0.6 is 27.5 Å². The van der Waals surface area contributed by atoms with E-state index in [4.69, 9.17) is 11.6 Å². The van der Waals surface area contributed by atoms with Gasteiger partial charge in [0.05, 0.1) is 0 Å². The highest BCUT2D eigenvalue weighted by Gasteiger charge is 2.39. The molecule has 0 aliphatic heterocycles. The zero-order valence-electron chi connectivity index (χ0n) is 8.12. The Labute approximate surface area is 99.6 Å². The molecular formula is C10H9BrClF3. The number of rotatable bonds is 1. The summed E-state index contributed by atoms with van der Waals surface area (Å²) in [4.78, 5) is -1.64. The summed E-state index contributed by atoms with van der Waals surface area (Å²) in [7, 11) is 0. The number of benzene rings is 1. The molecule has 0 fully saturated rings. The topological polar surface area (TPSA) is 0 Å². The highest BCUT2D eigenvalue weighted by Crippen LogP contribution is 2.41. The summed E-state index contributed by atoms with van der Waals surface area (Å²) in [6.07, 6.45) is -4.29. The molecule has 0 bridgehead atoms. The van der Waals surface area contributed by atoms with Crippen LogP contribution in [0, 0.1) is 13.8 Å². The van der Waals surface area contributed by atoms with Crippen LogP contribution in [0.4, 0.5) is 13.2 Å². The predicted molar refractivity (Wildman–Crippen MR) is 58.6 cm³/mol. The third-order valence-electron chi connectivity index (χ3n) is 2.11. The fourth-order valence-corrected chi connectivity index (χ4v) is 1.96. The van der Waals surface area contributed by atoms with Gasteiger partial charge in [-0.2, -0.15) is 13.2 Å². The zero-order valence-corrected chi connectivity index (χ0v) is 10.5. The monoisotopic (exact) mass is 300 g/mol. The number of aryl methyl sites for hydroxylation is 2. The predicted octanol–water partition coefficient (Wildman–Crippen LogP) is 4.96. The molecule has 0 aromatic heterocycles. The Bertz CT molecular complexity index is 374. The van der Waals surface area contributed by atoms with Crippen LogP contribution in [0.25, 0.3) is 0 Å². The van der Waals surface area contributed by atoms with Gasteiger partial charge in [-0.3, -0.25) is 0 Å². The van der Waals surface area contributed by atoms with E-state index >= 15 is 0 Å². The summed E-state index contributed by atoms with van der Waals surface area (Å²) in [5.74, 6) is 0. The molecule has 0 nitrogen and oxygen atoms in total. The van der Waals surface area contributed by atoms with E-state index in [1.165, 1.54) is 6.07 Å². The lowest BCUT2D eigenvalue weighted by atomic mass is 10.0. The van der Waals surface area contributed by atoms with Crippen molar-refractivity contribution in [3.8, 4) is 0 Å². The van der Waals surface area contributed by atoms with E-state index in [1.807, 2.05) is 0 Å². The van der Waals surface area contributed by atoms with Crippen molar-refractivity contribution >= 4 is 27.5 Å². The minimum absolute atomic E-state index is 0.212. The first-order chi connectivity index (χ1) is 6.73. The van der Waals surface area contributed by atoms with E-state index in [2.05, 4.69) is 15.9 Å². The van der Waals surface area contributed by atoms with Crippen LogP contribution in [0.2, 0.25) is 5.02 Å². The standard InChI is InChI=1S/C10H9BrClF3/c1-5-4-8(12)6(2)3-7(5)9(11)10(13,14)15/h3-4,9H,1-2H3. The third-order valence-corrected chi connectivity index (χ3v) is 3.53. The molecule has 1 unspecified atom stereocenters. The van der Waals surface area contributed by atoms with Gasteiger partial charge in [0.25, 0.3) is 0 Å². The summed E-state index contributed by atoms with van der Waals surface area (Å²) in [5, 5.41) is 0.484. The molecule has 0 saturated carbocycles. The van der Waals surface area contributed by atoms with Gasteiger partial charge in [-0.15, -0.1) is 0 Å². The summed E-state index contributed by atoms with van der Waals surface area (Å²) in [6, 6.07) is 3.01. The van der Waals surface area contributed by atoms with Crippen LogP contribution in [-0.2, 0) is 0 Å². The van der Waals surface area contributed by atoms with Crippen molar-refractivity contribution < 1.29 is 13.2 Å². The van der Waals surface area contributed by atoms with Crippen LogP contribution in [0.1, 0.15) is 21.5 Å². The molecule has 1 atom stereocenters. The molecule has 0 radical (unpaired) electrons. The van der Waals surface area contributed by atoms with Crippen LogP contribution in [0.3, 0.4) is 0 Å². The molecule has 0 saturated heterocycles. The lowest BCUT2D eigenvalue weighted by Gasteiger charge is -2.17. The average molecular weight is 302 g/mol. The van der Waals surface area contributed by atoms with Gasteiger partial charge in [-0.05, 0) is 36.6 Å². The van der Waals surface area contributed by atoms with Gasteiger partial charge in [-0.25, -0.2) is 0 Å². The van der Waals surface area contributed by atoms with Gasteiger partial charge in [0, 0.05) is 5.02 Å². The first kappa shape index (κ1) is 12.8. The number of halogens is 5. The van der Waals surface area contributed by atoms with Gasteiger partial charge >= 0.3 is 6.18 Å². The minimum Gasteiger partial charge on any atom is -0.169 e. The zero-order chi connectivity index (χ0) is 11.8. The second kappa shape index (κ2) is 4.34. The maximum Gasteiger partial charge on any atom is 0.405 e. The summed E-state index contributed by atoms with van der Waals surface area (Å²) in [6.45, 7) is 3.29. The molecule has 1 aromatic carbocycles. The lowest BCUT2D eigenvalue weighted by Crippen LogP contribution is -2.16. The van der Waals surface area contributed by atoms with Gasteiger partial charge < -0.3 is 0 Å². The Balaban J connectivity index is 3.21. The molecule has 0 N–H and O–H groups in total. The SMILES string of the molecule is Cc1cc(C(Br)C(F)(F)F)c(C)cc1Cl. The first-order valence-electron chi connectivity index (χ1n) is 4.21. The van der Waals surface area contributed by atoms with Gasteiger partial charge in [-0.1, -0.05) is 33.6 Å². The normalized spacial score (nSPS) is 14.1. The van der Waals surface area contributed by atoms with Crippen LogP contribution in [0.5, 0.6) is 0 Å². The van der Waals surface area contributed by atoms with Gasteiger partial charge in [0.2, 0.25) is 0 Å². The average Bonchev–Trinajstić information content (AvgIpc) is 2.08. The van der Waals surface area contributed by atoms with Gasteiger partial charge in [0.1, 0.15) is 4.83 Å². The quantitative estimate of drug-likeness (QED) is 0.643. The van der Waals surface area contributed by atoms with Crippen molar-refractivity contribution in [2.75, 3.05) is 0 Å². The summed E-state index contributed by atoms with van der Waals surface area (Å²) < 4.78 is 37.4. The Morgan fingerprint density at radius 1 is 1.20 bits per heavy atom. The maximum atomic E-state index is 12.5. The van der Waals surface area contributed by atoms with E-state index < -0.39 is 11.0 Å². The summed E-state index contributed by atoms with van der Waals surface area (Å²) >= 11 is 8.46. The van der Waals surface area contributed by atoms with Crippen molar-refractivity contribution in [3.63, 3.8) is 0 Å². The van der Waals surface area contributed by atoms with E-state index in [0.29, 0.717) is 16.1 Å². The molecule has 1 aromatic rings. The first-order valence-corrected chi connectivity index (χ1v) is 5.50. The molecule has 0 amide bonds. The fourth-order valence-electron chi connectivity index (χ4n) is 1.25. The molecule has 0 spiro atoms. The molecular weight excluding hydrogens is 292 g/mol. The molecule has 15 heavy (non-hydrogen) atoms. The van der Waals surface area contributed by atoms with Crippen molar-refractivity contribution in [2.24, 2.45) is 0 Å². The Hall–Kier alpha value is -0.220. The number of hydrogen-bond donors (Lipinski definition) is 0. The van der Waals surface area contributed by atoms with Crippen molar-refractivity contribution in [3.05, 3.63) is 33.8 Å². The third kappa shape index (κ3) is 2.88. The van der Waals surface area contributed by atoms with Crippen molar-refractivity contribution in [1.29, 1.82) is 0 Å². The molecule has 1 rings (SSSR count). The number of hydrogen-bond acceptors (Lipinski definition) is 0. The maximum absolute atomic E-state index is 12.5. The smallest absolute Gasteiger partial charge is 0.169 e. The van der Waals surface area contributed by atoms with Crippen LogP contribution in [0.15, 0.2) is 12.1 Å².